The maximum absolute atomic E-state index is 9.82. The van der Waals surface area contributed by atoms with Crippen molar-refractivity contribution < 1.29 is 18.9 Å². The zero-order valence-electron chi connectivity index (χ0n) is 41.1. The number of nitrogens with zero attached hydrogens (tertiary/aromatic N) is 8. The highest BCUT2D eigenvalue weighted by Gasteiger charge is 2.21. The zero-order chi connectivity index (χ0) is 49.5. The van der Waals surface area contributed by atoms with Crippen molar-refractivity contribution in [1.29, 1.82) is 10.5 Å². The van der Waals surface area contributed by atoms with E-state index in [0.29, 0.717) is 35.8 Å². The fourth-order valence-corrected chi connectivity index (χ4v) is 10.2. The number of nitrogens with one attached hydrogen (secondary N) is 3. The monoisotopic (exact) mass is 973 g/mol. The number of hydrogen-bond acceptors (Lipinski definition) is 13. The summed E-state index contributed by atoms with van der Waals surface area (Å²) in [5.74, 6) is 1.26. The lowest BCUT2D eigenvalue weighted by Crippen LogP contribution is -2.44. The molecule has 0 aliphatic carbocycles. The Morgan fingerprint density at radius 1 is 0.548 bits per heavy atom. The molecular weight excluding hydrogens is 915 g/mol. The molecule has 4 aliphatic rings. The number of H-pyrrole nitrogens is 2. The molecule has 0 atom stereocenters. The van der Waals surface area contributed by atoms with Gasteiger partial charge in [-0.2, -0.15) is 10.5 Å². The van der Waals surface area contributed by atoms with Gasteiger partial charge in [0.25, 0.3) is 0 Å². The molecule has 0 spiro atoms. The molecule has 0 amide bonds. The average molecular weight is 974 g/mol. The average Bonchev–Trinajstić information content (AvgIpc) is 4.11. The molecule has 3 N–H and O–H groups in total. The summed E-state index contributed by atoms with van der Waals surface area (Å²) in [5, 5.41) is 24.9. The van der Waals surface area contributed by atoms with Crippen LogP contribution in [0.2, 0.25) is 0 Å². The molecule has 4 aliphatic heterocycles. The maximum Gasteiger partial charge on any atom is 0.141 e. The molecule has 12 rings (SSSR count). The first-order chi connectivity index (χ1) is 36.0. The molecule has 15 heteroatoms. The van der Waals surface area contributed by atoms with Crippen LogP contribution in [0.1, 0.15) is 36.8 Å². The lowest BCUT2D eigenvalue weighted by molar-refractivity contribution is 0.0254. The van der Waals surface area contributed by atoms with E-state index in [1.54, 1.807) is 6.33 Å². The highest BCUT2D eigenvalue weighted by atomic mass is 16.5. The smallest absolute Gasteiger partial charge is 0.141 e. The molecule has 4 saturated heterocycles. The van der Waals surface area contributed by atoms with Gasteiger partial charge in [-0.05, 0) is 123 Å². The molecule has 0 saturated carbocycles. The van der Waals surface area contributed by atoms with Crippen molar-refractivity contribution in [2.75, 3.05) is 95.6 Å². The second-order valence-electron chi connectivity index (χ2n) is 19.1. The fourth-order valence-electron chi connectivity index (χ4n) is 10.2. The third-order valence-electron chi connectivity index (χ3n) is 14.4. The lowest BCUT2D eigenvalue weighted by atomic mass is 10.0. The number of ether oxygens (including phenoxy) is 4. The van der Waals surface area contributed by atoms with Gasteiger partial charge in [-0.25, -0.2) is 9.97 Å². The molecule has 4 fully saturated rings. The number of piperidine rings is 1. The van der Waals surface area contributed by atoms with E-state index in [1.165, 1.54) is 11.4 Å². The van der Waals surface area contributed by atoms with Crippen LogP contribution in [0, 0.1) is 22.7 Å². The van der Waals surface area contributed by atoms with Crippen LogP contribution in [-0.2, 0) is 9.47 Å². The Hall–Kier alpha value is -7.79. The Kier molecular flexibility index (Phi) is 14.3. The second kappa shape index (κ2) is 21.9. The summed E-state index contributed by atoms with van der Waals surface area (Å²) in [5.41, 5.74) is 13.0. The fraction of sp³-hybridized carbons (Fsp3) is 0.328. The van der Waals surface area contributed by atoms with Crippen molar-refractivity contribution in [2.45, 2.75) is 37.9 Å². The van der Waals surface area contributed by atoms with Crippen molar-refractivity contribution in [3.05, 3.63) is 127 Å². The first-order valence-electron chi connectivity index (χ1n) is 25.5. The molecule has 4 aromatic heterocycles. The predicted molar refractivity (Wildman–Crippen MR) is 285 cm³/mol. The Bertz CT molecular complexity index is 3260. The lowest BCUT2D eigenvalue weighted by Gasteiger charge is -2.34. The first-order valence-corrected chi connectivity index (χ1v) is 25.5. The number of nitriles is 2. The number of morpholine rings is 1. The standard InChI is InChI=1S/C29H30N6O2.C29H29N5O2/c1-34-10-12-35(13-11-34)23-5-2-20(3-6-23)26-17-25-28(31-19-32-29(25)33-26)21-4-7-27(22(16-21)18-30)37-24-8-14-36-15-9-24;30-19-22-17-21(3-6-28(22)36-24-7-10-31-11-8-24)29-25-18-27(33-26(25)9-12-32-29)20-1-4-23(5-2-20)34-13-15-35-16-14-34/h2-7,16-17,19,24H,8-15H2,1H3,(H,31,32,33);1-6,9,12,17-18,24,31,33H,7-8,10-11,13-16H2. The SMILES string of the molecule is CN1CCN(c2ccc(-c3cc4c(-c5ccc(OC6CCOCC6)c(C#N)c5)ncnc4[nH]3)cc2)CC1.N#Cc1cc(-c2nccc3[nH]c(-c4ccc(N5CCOCC5)cc4)cc23)ccc1OC1CCNCC1. The van der Waals surface area contributed by atoms with Gasteiger partial charge in [0.1, 0.15) is 47.8 Å². The number of anilines is 2. The van der Waals surface area contributed by atoms with Crippen LogP contribution in [-0.4, -0.2) is 128 Å². The summed E-state index contributed by atoms with van der Waals surface area (Å²) in [6.45, 7) is 10.9. The summed E-state index contributed by atoms with van der Waals surface area (Å²) in [6.07, 6.45) is 7.17. The number of rotatable bonds is 10. The van der Waals surface area contributed by atoms with E-state index in [-0.39, 0.29) is 12.2 Å². The summed E-state index contributed by atoms with van der Waals surface area (Å²) in [6, 6.07) is 39.7. The van der Waals surface area contributed by atoms with Crippen LogP contribution in [0.3, 0.4) is 0 Å². The summed E-state index contributed by atoms with van der Waals surface area (Å²) >= 11 is 0. The van der Waals surface area contributed by atoms with Gasteiger partial charge in [0, 0.05) is 108 Å². The number of aromatic nitrogens is 5. The quantitative estimate of drug-likeness (QED) is 0.118. The van der Waals surface area contributed by atoms with Gasteiger partial charge in [0.05, 0.1) is 48.9 Å². The van der Waals surface area contributed by atoms with E-state index < -0.39 is 0 Å². The van der Waals surface area contributed by atoms with Gasteiger partial charge < -0.3 is 48.9 Å². The Morgan fingerprint density at radius 2 is 1.08 bits per heavy atom. The van der Waals surface area contributed by atoms with Crippen LogP contribution in [0.25, 0.3) is 67.0 Å². The van der Waals surface area contributed by atoms with Crippen molar-refractivity contribution in [1.82, 2.24) is 35.1 Å². The van der Waals surface area contributed by atoms with Crippen molar-refractivity contribution >= 4 is 33.3 Å². The third-order valence-corrected chi connectivity index (χ3v) is 14.4. The minimum absolute atomic E-state index is 0.0762. The minimum Gasteiger partial charge on any atom is -0.489 e. The highest BCUT2D eigenvalue weighted by molar-refractivity contribution is 5.97. The van der Waals surface area contributed by atoms with Crippen LogP contribution in [0.15, 0.2) is 116 Å². The van der Waals surface area contributed by atoms with Gasteiger partial charge in [0.15, 0.2) is 0 Å². The summed E-state index contributed by atoms with van der Waals surface area (Å²) in [4.78, 5) is 27.9. The van der Waals surface area contributed by atoms with E-state index in [1.807, 2.05) is 48.7 Å². The van der Waals surface area contributed by atoms with E-state index in [0.717, 1.165) is 158 Å². The van der Waals surface area contributed by atoms with Crippen LogP contribution >= 0.6 is 0 Å². The van der Waals surface area contributed by atoms with Gasteiger partial charge in [-0.1, -0.05) is 24.3 Å². The van der Waals surface area contributed by atoms with Gasteiger partial charge in [0.2, 0.25) is 0 Å². The van der Waals surface area contributed by atoms with Crippen LogP contribution in [0.5, 0.6) is 11.5 Å². The van der Waals surface area contributed by atoms with E-state index in [2.05, 4.69) is 125 Å². The Balaban J connectivity index is 0.000000157. The molecule has 8 aromatic rings. The van der Waals surface area contributed by atoms with Gasteiger partial charge in [-0.15, -0.1) is 0 Å². The van der Waals surface area contributed by atoms with Crippen LogP contribution in [0.4, 0.5) is 11.4 Å². The van der Waals surface area contributed by atoms with E-state index in [9.17, 15) is 10.5 Å². The third kappa shape index (κ3) is 10.7. The number of hydrogen-bond donors (Lipinski definition) is 3. The highest BCUT2D eigenvalue weighted by Crippen LogP contribution is 2.36. The predicted octanol–water partition coefficient (Wildman–Crippen LogP) is 9.21. The zero-order valence-corrected chi connectivity index (χ0v) is 41.1. The number of piperazine rings is 1. The summed E-state index contributed by atoms with van der Waals surface area (Å²) in [7, 11) is 2.17. The number of likely N-dealkylation sites (N-methyl/N-ethyl adjacent to an activating group) is 1. The molecule has 0 bridgehead atoms. The molecule has 0 unspecified atom stereocenters. The van der Waals surface area contributed by atoms with Crippen LogP contribution < -0.4 is 24.6 Å². The van der Waals surface area contributed by atoms with E-state index >= 15 is 0 Å². The normalized spacial score (nSPS) is 16.9. The van der Waals surface area contributed by atoms with Crippen molar-refractivity contribution in [3.63, 3.8) is 0 Å². The Labute approximate surface area is 425 Å². The molecule has 4 aromatic carbocycles. The van der Waals surface area contributed by atoms with Crippen molar-refractivity contribution in [3.8, 4) is 68.7 Å². The minimum atomic E-state index is 0.0762. The molecule has 15 nitrogen and oxygen atoms in total. The Morgan fingerprint density at radius 3 is 1.70 bits per heavy atom. The largest absolute Gasteiger partial charge is 0.489 e. The molecule has 0 radical (unpaired) electrons. The van der Waals surface area contributed by atoms with Crippen molar-refractivity contribution in [2.24, 2.45) is 0 Å². The first kappa shape index (κ1) is 47.5. The second-order valence-corrected chi connectivity index (χ2v) is 19.1. The number of benzene rings is 4. The molecule has 370 valence electrons. The maximum atomic E-state index is 9.82. The molecular formula is C58H59N11O4. The number of aromatic amines is 2. The van der Waals surface area contributed by atoms with E-state index in [4.69, 9.17) is 18.9 Å². The molecule has 73 heavy (non-hydrogen) atoms. The number of pyridine rings is 1. The number of fused-ring (bicyclic) bond motifs is 2. The van der Waals surface area contributed by atoms with Gasteiger partial charge >= 0.3 is 0 Å². The summed E-state index contributed by atoms with van der Waals surface area (Å²) < 4.78 is 23.2. The van der Waals surface area contributed by atoms with Gasteiger partial charge in [-0.3, -0.25) is 4.98 Å². The molecule has 8 heterocycles. The topological polar surface area (TPSA) is 176 Å².